The maximum Gasteiger partial charge on any atom is 0.265 e. The standard InChI is InChI=1S/C24H24N4O4/c25-21(29)20-14-18-13-17(5-6-19(18)26-20)15-1-3-16(4-2-15)22(30)27-9-11-28(12-10-27)23(31)24(32)7-8-24/h1-6,13-14,26,32H,7-12H2,(H2,25,29). The molecule has 3 aromatic rings. The van der Waals surface area contributed by atoms with Crippen molar-refractivity contribution in [2.75, 3.05) is 26.2 Å². The van der Waals surface area contributed by atoms with E-state index >= 15 is 0 Å². The molecule has 1 saturated carbocycles. The number of nitrogens with two attached hydrogens (primary N) is 1. The number of H-pyrrole nitrogens is 1. The predicted octanol–water partition coefficient (Wildman–Crippen LogP) is 1.74. The van der Waals surface area contributed by atoms with Gasteiger partial charge in [-0.25, -0.2) is 0 Å². The molecule has 5 rings (SSSR count). The molecule has 3 amide bonds. The molecule has 8 nitrogen and oxygen atoms in total. The number of carbonyl (C=O) groups is 3. The second-order valence-electron chi connectivity index (χ2n) is 8.54. The number of primary amides is 1. The fourth-order valence-corrected chi connectivity index (χ4v) is 4.17. The van der Waals surface area contributed by atoms with E-state index in [1.54, 1.807) is 28.0 Å². The van der Waals surface area contributed by atoms with Crippen molar-refractivity contribution in [1.29, 1.82) is 0 Å². The van der Waals surface area contributed by atoms with Gasteiger partial charge in [0.25, 0.3) is 17.7 Å². The number of aromatic amines is 1. The number of nitrogens with zero attached hydrogens (tertiary/aromatic N) is 2. The molecule has 164 valence electrons. The first kappa shape index (κ1) is 20.3. The molecule has 1 aliphatic heterocycles. The molecule has 1 aliphatic carbocycles. The van der Waals surface area contributed by atoms with Crippen molar-refractivity contribution in [3.63, 3.8) is 0 Å². The lowest BCUT2D eigenvalue weighted by molar-refractivity contribution is -0.143. The predicted molar refractivity (Wildman–Crippen MR) is 119 cm³/mol. The van der Waals surface area contributed by atoms with Crippen molar-refractivity contribution in [3.8, 4) is 11.1 Å². The van der Waals surface area contributed by atoms with Crippen LogP contribution in [-0.2, 0) is 4.79 Å². The summed E-state index contributed by atoms with van der Waals surface area (Å²) in [5.74, 6) is -0.781. The van der Waals surface area contributed by atoms with Crippen LogP contribution in [0.5, 0.6) is 0 Å². The Balaban J connectivity index is 1.26. The molecule has 2 fully saturated rings. The molecule has 32 heavy (non-hydrogen) atoms. The van der Waals surface area contributed by atoms with E-state index in [1.165, 1.54) is 0 Å². The number of fused-ring (bicyclic) bond motifs is 1. The lowest BCUT2D eigenvalue weighted by Gasteiger charge is -2.35. The number of aromatic nitrogens is 1. The van der Waals surface area contributed by atoms with E-state index in [0.717, 1.165) is 22.0 Å². The fraction of sp³-hybridized carbons (Fsp3) is 0.292. The topological polar surface area (TPSA) is 120 Å². The highest BCUT2D eigenvalue weighted by Gasteiger charge is 2.50. The Hall–Kier alpha value is -3.65. The minimum Gasteiger partial charge on any atom is -0.380 e. The summed E-state index contributed by atoms with van der Waals surface area (Å²) in [6, 6.07) is 15.0. The van der Waals surface area contributed by atoms with Gasteiger partial charge in [0, 0.05) is 42.6 Å². The Kier molecular flexibility index (Phi) is 4.74. The maximum absolute atomic E-state index is 12.9. The molecular formula is C24H24N4O4. The van der Waals surface area contributed by atoms with Gasteiger partial charge in [-0.15, -0.1) is 0 Å². The smallest absolute Gasteiger partial charge is 0.265 e. The van der Waals surface area contributed by atoms with Gasteiger partial charge >= 0.3 is 0 Å². The van der Waals surface area contributed by atoms with E-state index < -0.39 is 11.5 Å². The van der Waals surface area contributed by atoms with Crippen LogP contribution < -0.4 is 5.73 Å². The van der Waals surface area contributed by atoms with E-state index in [-0.39, 0.29) is 11.8 Å². The molecule has 1 saturated heterocycles. The number of benzene rings is 2. The van der Waals surface area contributed by atoms with Crippen LogP contribution in [-0.4, -0.2) is 69.4 Å². The van der Waals surface area contributed by atoms with Gasteiger partial charge in [0.2, 0.25) is 0 Å². The van der Waals surface area contributed by atoms with E-state index in [1.807, 2.05) is 30.3 Å². The van der Waals surface area contributed by atoms with Crippen molar-refractivity contribution in [2.24, 2.45) is 5.73 Å². The number of piperazine rings is 1. The molecule has 0 radical (unpaired) electrons. The minimum absolute atomic E-state index is 0.0685. The fourth-order valence-electron chi connectivity index (χ4n) is 4.17. The first-order valence-electron chi connectivity index (χ1n) is 10.7. The van der Waals surface area contributed by atoms with Crippen LogP contribution >= 0.6 is 0 Å². The van der Waals surface area contributed by atoms with Gasteiger partial charge in [-0.2, -0.15) is 0 Å². The molecule has 0 unspecified atom stereocenters. The lowest BCUT2D eigenvalue weighted by atomic mass is 10.0. The zero-order valence-electron chi connectivity index (χ0n) is 17.5. The normalized spacial score (nSPS) is 17.4. The maximum atomic E-state index is 12.9. The molecule has 4 N–H and O–H groups in total. The van der Waals surface area contributed by atoms with E-state index in [0.29, 0.717) is 50.3 Å². The van der Waals surface area contributed by atoms with Crippen molar-refractivity contribution >= 4 is 28.6 Å². The summed E-state index contributed by atoms with van der Waals surface area (Å²) in [6.07, 6.45) is 1.06. The van der Waals surface area contributed by atoms with Crippen LogP contribution in [0.1, 0.15) is 33.7 Å². The quantitative estimate of drug-likeness (QED) is 0.582. The van der Waals surface area contributed by atoms with Gasteiger partial charge in [-0.3, -0.25) is 14.4 Å². The lowest BCUT2D eigenvalue weighted by Crippen LogP contribution is -2.53. The van der Waals surface area contributed by atoms with Crippen LogP contribution in [0.2, 0.25) is 0 Å². The summed E-state index contributed by atoms with van der Waals surface area (Å²) >= 11 is 0. The highest BCUT2D eigenvalue weighted by atomic mass is 16.3. The number of rotatable bonds is 4. The summed E-state index contributed by atoms with van der Waals surface area (Å²) in [7, 11) is 0. The minimum atomic E-state index is -1.16. The summed E-state index contributed by atoms with van der Waals surface area (Å²) in [6.45, 7) is 1.79. The number of hydrogen-bond acceptors (Lipinski definition) is 4. The Morgan fingerprint density at radius 2 is 1.50 bits per heavy atom. The Morgan fingerprint density at radius 1 is 0.875 bits per heavy atom. The highest BCUT2D eigenvalue weighted by molar-refractivity contribution is 5.98. The Labute approximate surface area is 184 Å². The third kappa shape index (κ3) is 3.62. The van der Waals surface area contributed by atoms with Gasteiger partial charge in [0.1, 0.15) is 11.3 Å². The molecule has 2 aromatic carbocycles. The third-order valence-electron chi connectivity index (χ3n) is 6.33. The van der Waals surface area contributed by atoms with Crippen molar-refractivity contribution in [1.82, 2.24) is 14.8 Å². The summed E-state index contributed by atoms with van der Waals surface area (Å²) in [4.78, 5) is 42.9. The summed E-state index contributed by atoms with van der Waals surface area (Å²) < 4.78 is 0. The molecule has 8 heteroatoms. The number of hydrogen-bond donors (Lipinski definition) is 3. The molecule has 0 bridgehead atoms. The van der Waals surface area contributed by atoms with E-state index in [4.69, 9.17) is 5.73 Å². The number of aliphatic hydroxyl groups is 1. The van der Waals surface area contributed by atoms with Crippen LogP contribution in [0, 0.1) is 0 Å². The molecule has 0 atom stereocenters. The van der Waals surface area contributed by atoms with E-state index in [2.05, 4.69) is 4.98 Å². The molecule has 1 aromatic heterocycles. The number of nitrogens with one attached hydrogen (secondary N) is 1. The highest BCUT2D eigenvalue weighted by Crippen LogP contribution is 2.37. The van der Waals surface area contributed by atoms with Crippen LogP contribution in [0.15, 0.2) is 48.5 Å². The molecule has 2 heterocycles. The second kappa shape index (κ2) is 7.49. The first-order chi connectivity index (χ1) is 15.3. The SMILES string of the molecule is NC(=O)c1cc2cc(-c3ccc(C(=O)N4CCN(C(=O)C5(O)CC5)CC4)cc3)ccc2[nH]1. The van der Waals surface area contributed by atoms with Crippen molar-refractivity contribution in [2.45, 2.75) is 18.4 Å². The van der Waals surface area contributed by atoms with Crippen molar-refractivity contribution in [3.05, 3.63) is 59.8 Å². The van der Waals surface area contributed by atoms with Crippen LogP contribution in [0.4, 0.5) is 0 Å². The third-order valence-corrected chi connectivity index (χ3v) is 6.33. The van der Waals surface area contributed by atoms with Crippen LogP contribution in [0.25, 0.3) is 22.0 Å². The van der Waals surface area contributed by atoms with Crippen LogP contribution in [0.3, 0.4) is 0 Å². The Bertz CT molecular complexity index is 1220. The van der Waals surface area contributed by atoms with Gasteiger partial charge in [0.05, 0.1) is 0 Å². The molecule has 0 spiro atoms. The Morgan fingerprint density at radius 3 is 2.12 bits per heavy atom. The first-order valence-corrected chi connectivity index (χ1v) is 10.7. The van der Waals surface area contributed by atoms with Gasteiger partial charge < -0.3 is 25.6 Å². The monoisotopic (exact) mass is 432 g/mol. The van der Waals surface area contributed by atoms with E-state index in [9.17, 15) is 19.5 Å². The second-order valence-corrected chi connectivity index (χ2v) is 8.54. The van der Waals surface area contributed by atoms with Gasteiger partial charge in [0.15, 0.2) is 0 Å². The average molecular weight is 432 g/mol. The molecular weight excluding hydrogens is 408 g/mol. The molecule has 2 aliphatic rings. The average Bonchev–Trinajstić information content (AvgIpc) is 3.42. The van der Waals surface area contributed by atoms with Gasteiger partial charge in [-0.05, 0) is 54.3 Å². The largest absolute Gasteiger partial charge is 0.380 e. The number of carbonyl (C=O) groups excluding carboxylic acids is 3. The van der Waals surface area contributed by atoms with Crippen molar-refractivity contribution < 1.29 is 19.5 Å². The number of amides is 3. The summed E-state index contributed by atoms with van der Waals surface area (Å²) in [5.41, 5.74) is 7.90. The summed E-state index contributed by atoms with van der Waals surface area (Å²) in [5, 5.41) is 10.9. The van der Waals surface area contributed by atoms with Gasteiger partial charge in [-0.1, -0.05) is 18.2 Å². The zero-order valence-corrected chi connectivity index (χ0v) is 17.5. The zero-order chi connectivity index (χ0) is 22.5.